The summed E-state index contributed by atoms with van der Waals surface area (Å²) in [5, 5.41) is 36.7. The molecule has 0 aliphatic rings. The number of esters is 1. The highest BCUT2D eigenvalue weighted by atomic mass is 16.6. The molecule has 0 radical (unpaired) electrons. The van der Waals surface area contributed by atoms with Crippen LogP contribution >= 0.6 is 0 Å². The quantitative estimate of drug-likeness (QED) is 0.114. The Balaban J connectivity index is 3.45. The molecule has 0 aromatic rings. The van der Waals surface area contributed by atoms with Crippen molar-refractivity contribution in [3.8, 4) is 0 Å². The van der Waals surface area contributed by atoms with E-state index in [-0.39, 0.29) is 6.42 Å². The first-order valence-corrected chi connectivity index (χ1v) is 11.0. The fourth-order valence-corrected chi connectivity index (χ4v) is 2.90. The molecular weight excluding hydrogens is 360 g/mol. The molecule has 0 aliphatic heterocycles. The smallest absolute Gasteiger partial charge is 0.308 e. The predicted octanol–water partition coefficient (Wildman–Crippen LogP) is 3.60. The Morgan fingerprint density at radius 2 is 1.32 bits per heavy atom. The number of carbonyl (C=O) groups is 1. The van der Waals surface area contributed by atoms with Crippen molar-refractivity contribution in [1.82, 2.24) is 0 Å². The zero-order chi connectivity index (χ0) is 21.0. The van der Waals surface area contributed by atoms with Crippen LogP contribution in [0.1, 0.15) is 96.8 Å². The van der Waals surface area contributed by atoms with Gasteiger partial charge in [0.1, 0.15) is 12.2 Å². The van der Waals surface area contributed by atoms with Crippen LogP contribution in [-0.2, 0) is 9.53 Å². The lowest BCUT2D eigenvalue weighted by Gasteiger charge is -2.21. The highest BCUT2D eigenvalue weighted by Crippen LogP contribution is 2.11. The summed E-state index contributed by atoms with van der Waals surface area (Å²) < 4.78 is 4.64. The number of rotatable bonds is 19. The van der Waals surface area contributed by atoms with E-state index in [9.17, 15) is 20.1 Å². The summed E-state index contributed by atoms with van der Waals surface area (Å²) in [6, 6.07) is 0. The van der Waals surface area contributed by atoms with Gasteiger partial charge in [-0.05, 0) is 32.1 Å². The van der Waals surface area contributed by atoms with Crippen LogP contribution in [0, 0.1) is 0 Å². The van der Waals surface area contributed by atoms with E-state index in [4.69, 9.17) is 5.11 Å². The van der Waals surface area contributed by atoms with E-state index in [2.05, 4.69) is 23.8 Å². The van der Waals surface area contributed by atoms with Crippen molar-refractivity contribution in [2.75, 3.05) is 6.61 Å². The Kier molecular flexibility index (Phi) is 18.7. The molecule has 0 saturated carbocycles. The molecule has 0 spiro atoms. The monoisotopic (exact) mass is 402 g/mol. The van der Waals surface area contributed by atoms with Crippen LogP contribution in [-0.4, -0.2) is 51.5 Å². The van der Waals surface area contributed by atoms with Crippen LogP contribution in [0.3, 0.4) is 0 Å². The first kappa shape index (κ1) is 27.0. The normalized spacial score (nSPS) is 14.9. The molecule has 28 heavy (non-hydrogen) atoms. The van der Waals surface area contributed by atoms with Crippen LogP contribution in [0.4, 0.5) is 0 Å². The van der Waals surface area contributed by atoms with Gasteiger partial charge in [-0.25, -0.2) is 0 Å². The van der Waals surface area contributed by atoms with Gasteiger partial charge in [-0.1, -0.05) is 70.4 Å². The molecule has 6 heteroatoms. The summed E-state index contributed by atoms with van der Waals surface area (Å²) >= 11 is 0. The van der Waals surface area contributed by atoms with Gasteiger partial charge in [0, 0.05) is 6.42 Å². The molecule has 166 valence electrons. The summed E-state index contributed by atoms with van der Waals surface area (Å²) in [5.74, 6) is -0.616. The van der Waals surface area contributed by atoms with E-state index >= 15 is 0 Å². The molecule has 0 amide bonds. The maximum atomic E-state index is 11.6. The van der Waals surface area contributed by atoms with Crippen molar-refractivity contribution in [1.29, 1.82) is 0 Å². The lowest BCUT2D eigenvalue weighted by Crippen LogP contribution is -2.41. The number of hydrogen-bond acceptors (Lipinski definition) is 6. The Bertz CT molecular complexity index is 385. The first-order chi connectivity index (χ1) is 13.5. The van der Waals surface area contributed by atoms with Crippen LogP contribution in [0.25, 0.3) is 0 Å². The Labute approximate surface area is 170 Å². The molecule has 4 N–H and O–H groups in total. The minimum absolute atomic E-state index is 0.164. The molecule has 0 fully saturated rings. The number of aliphatic hydroxyl groups excluding tert-OH is 4. The minimum atomic E-state index is -1.82. The zero-order valence-electron chi connectivity index (χ0n) is 17.6. The van der Waals surface area contributed by atoms with Gasteiger partial charge in [0.2, 0.25) is 6.29 Å². The summed E-state index contributed by atoms with van der Waals surface area (Å²) in [7, 11) is 0. The van der Waals surface area contributed by atoms with E-state index < -0.39 is 31.1 Å². The summed E-state index contributed by atoms with van der Waals surface area (Å²) in [5.41, 5.74) is 0. The van der Waals surface area contributed by atoms with Gasteiger partial charge in [0.05, 0.1) is 6.61 Å². The second kappa shape index (κ2) is 19.4. The lowest BCUT2D eigenvalue weighted by molar-refractivity contribution is -0.201. The largest absolute Gasteiger partial charge is 0.433 e. The van der Waals surface area contributed by atoms with Crippen LogP contribution < -0.4 is 0 Å². The van der Waals surface area contributed by atoms with Crippen molar-refractivity contribution < 1.29 is 30.0 Å². The third kappa shape index (κ3) is 16.0. The van der Waals surface area contributed by atoms with Crippen molar-refractivity contribution >= 4 is 5.97 Å². The molecule has 0 aromatic heterocycles. The van der Waals surface area contributed by atoms with Crippen LogP contribution in [0.15, 0.2) is 12.2 Å². The molecule has 0 heterocycles. The third-order valence-electron chi connectivity index (χ3n) is 4.77. The number of unbranched alkanes of at least 4 members (excludes halogenated alkanes) is 11. The molecule has 3 atom stereocenters. The second-order valence-corrected chi connectivity index (χ2v) is 7.46. The number of carbonyl (C=O) groups excluding carboxylic acids is 1. The highest BCUT2D eigenvalue weighted by molar-refractivity contribution is 5.69. The van der Waals surface area contributed by atoms with E-state index in [0.717, 1.165) is 32.1 Å². The highest BCUT2D eigenvalue weighted by Gasteiger charge is 2.27. The van der Waals surface area contributed by atoms with Gasteiger partial charge in [0.25, 0.3) is 0 Å². The molecule has 0 bridgehead atoms. The molecule has 0 aromatic carbocycles. The van der Waals surface area contributed by atoms with E-state index in [1.54, 1.807) is 0 Å². The van der Waals surface area contributed by atoms with Crippen LogP contribution in [0.2, 0.25) is 0 Å². The average molecular weight is 403 g/mol. The van der Waals surface area contributed by atoms with Crippen molar-refractivity contribution in [2.24, 2.45) is 0 Å². The molecular formula is C22H42O6. The van der Waals surface area contributed by atoms with Gasteiger partial charge >= 0.3 is 5.97 Å². The van der Waals surface area contributed by atoms with Crippen molar-refractivity contribution in [2.45, 2.75) is 115 Å². The topological polar surface area (TPSA) is 107 Å². The number of allylic oxidation sites excluding steroid dienone is 2. The maximum Gasteiger partial charge on any atom is 0.308 e. The second-order valence-electron chi connectivity index (χ2n) is 7.46. The number of aliphatic hydroxyl groups is 4. The van der Waals surface area contributed by atoms with Gasteiger partial charge in [-0.3, -0.25) is 4.79 Å². The molecule has 0 rings (SSSR count). The van der Waals surface area contributed by atoms with Gasteiger partial charge < -0.3 is 25.2 Å². The summed E-state index contributed by atoms with van der Waals surface area (Å²) in [6.45, 7) is 1.52. The Morgan fingerprint density at radius 3 is 1.86 bits per heavy atom. The molecule has 0 saturated heterocycles. The molecule has 1 unspecified atom stereocenters. The summed E-state index contributed by atoms with van der Waals surface area (Å²) in [4.78, 5) is 11.6. The standard InChI is InChI=1S/C22H42O6/c1-2-3-4-5-6-7-8-9-10-11-12-13-14-15-16-17-20(25)28-22(27)21(26)19(24)18-23/h9-10,19,21-24,26-27H,2-8,11-18H2,1H3/b10-9-/t19-,21-,22?/m0/s1. The minimum Gasteiger partial charge on any atom is -0.433 e. The SMILES string of the molecule is CCCCCCCC/C=C\CCCCCCCC(=O)OC(O)[C@@H](O)[C@@H](O)CO. The first-order valence-electron chi connectivity index (χ1n) is 11.0. The fourth-order valence-electron chi connectivity index (χ4n) is 2.90. The summed E-state index contributed by atoms with van der Waals surface area (Å²) in [6.07, 6.45) is 14.9. The maximum absolute atomic E-state index is 11.6. The number of hydrogen-bond donors (Lipinski definition) is 4. The van der Waals surface area contributed by atoms with E-state index in [1.165, 1.54) is 44.9 Å². The predicted molar refractivity (Wildman–Crippen MR) is 111 cm³/mol. The molecule has 6 nitrogen and oxygen atoms in total. The van der Waals surface area contributed by atoms with E-state index in [1.807, 2.05) is 0 Å². The Morgan fingerprint density at radius 1 is 0.821 bits per heavy atom. The van der Waals surface area contributed by atoms with Crippen LogP contribution in [0.5, 0.6) is 0 Å². The number of ether oxygens (including phenoxy) is 1. The van der Waals surface area contributed by atoms with Gasteiger partial charge in [-0.2, -0.15) is 0 Å². The Hall–Kier alpha value is -0.950. The van der Waals surface area contributed by atoms with Gasteiger partial charge in [-0.15, -0.1) is 0 Å². The van der Waals surface area contributed by atoms with Crippen molar-refractivity contribution in [3.05, 3.63) is 12.2 Å². The zero-order valence-corrected chi connectivity index (χ0v) is 17.6. The third-order valence-corrected chi connectivity index (χ3v) is 4.77. The lowest BCUT2D eigenvalue weighted by atomic mass is 10.1. The average Bonchev–Trinajstić information content (AvgIpc) is 2.69. The fraction of sp³-hybridized carbons (Fsp3) is 0.864. The van der Waals surface area contributed by atoms with Gasteiger partial charge in [0.15, 0.2) is 0 Å². The van der Waals surface area contributed by atoms with Crippen molar-refractivity contribution in [3.63, 3.8) is 0 Å². The van der Waals surface area contributed by atoms with E-state index in [0.29, 0.717) is 6.42 Å². The molecule has 0 aliphatic carbocycles.